The Bertz CT molecular complexity index is 654. The molecule has 0 bridgehead atoms. The van der Waals surface area contributed by atoms with Crippen LogP contribution in [0.3, 0.4) is 0 Å². The second-order valence-corrected chi connectivity index (χ2v) is 5.32. The van der Waals surface area contributed by atoms with Crippen molar-refractivity contribution in [3.8, 4) is 11.4 Å². The van der Waals surface area contributed by atoms with E-state index in [1.165, 1.54) is 0 Å². The van der Waals surface area contributed by atoms with Crippen molar-refractivity contribution in [1.29, 1.82) is 0 Å². The van der Waals surface area contributed by atoms with Gasteiger partial charge in [0.25, 0.3) is 5.56 Å². The molecule has 1 aliphatic rings. The van der Waals surface area contributed by atoms with Crippen molar-refractivity contribution in [1.82, 2.24) is 4.57 Å². The van der Waals surface area contributed by atoms with Gasteiger partial charge in [0.2, 0.25) is 0 Å². The molecule has 2 aromatic rings. The van der Waals surface area contributed by atoms with Crippen molar-refractivity contribution in [3.05, 3.63) is 58.5 Å². The van der Waals surface area contributed by atoms with Crippen molar-refractivity contribution >= 4 is 0 Å². The summed E-state index contributed by atoms with van der Waals surface area (Å²) in [5.41, 5.74) is 1.84. The summed E-state index contributed by atoms with van der Waals surface area (Å²) in [6, 6.07) is 10.9. The van der Waals surface area contributed by atoms with Crippen molar-refractivity contribution < 1.29 is 9.47 Å². The predicted molar refractivity (Wildman–Crippen MR) is 81.0 cm³/mol. The van der Waals surface area contributed by atoms with E-state index in [0.29, 0.717) is 0 Å². The highest BCUT2D eigenvalue weighted by Gasteiger charge is 2.15. The van der Waals surface area contributed by atoms with Crippen LogP contribution in [-0.2, 0) is 4.74 Å². The first-order valence-electron chi connectivity index (χ1n) is 7.30. The number of rotatable bonds is 3. The van der Waals surface area contributed by atoms with Gasteiger partial charge in [0.1, 0.15) is 5.75 Å². The SMILES string of the molecule is Cc1ccc(=O)n(-c2ccc(OC3CCCCO3)cc2)c1. The molecule has 2 heterocycles. The molecule has 0 saturated carbocycles. The van der Waals surface area contributed by atoms with Crippen LogP contribution in [0.4, 0.5) is 0 Å². The first-order valence-corrected chi connectivity index (χ1v) is 7.30. The average Bonchev–Trinajstić information content (AvgIpc) is 2.52. The van der Waals surface area contributed by atoms with Gasteiger partial charge in [-0.1, -0.05) is 6.07 Å². The average molecular weight is 285 g/mol. The van der Waals surface area contributed by atoms with Gasteiger partial charge in [0.15, 0.2) is 6.29 Å². The summed E-state index contributed by atoms with van der Waals surface area (Å²) < 4.78 is 13.0. The van der Waals surface area contributed by atoms with Crippen LogP contribution >= 0.6 is 0 Å². The molecule has 0 spiro atoms. The number of pyridine rings is 1. The van der Waals surface area contributed by atoms with E-state index < -0.39 is 0 Å². The van der Waals surface area contributed by atoms with Gasteiger partial charge >= 0.3 is 0 Å². The first kappa shape index (κ1) is 13.9. The Morgan fingerprint density at radius 1 is 1.14 bits per heavy atom. The van der Waals surface area contributed by atoms with Crippen LogP contribution in [0.15, 0.2) is 47.4 Å². The van der Waals surface area contributed by atoms with Gasteiger partial charge in [-0.05, 0) is 49.6 Å². The Balaban J connectivity index is 1.77. The van der Waals surface area contributed by atoms with Crippen LogP contribution in [0.5, 0.6) is 5.75 Å². The highest BCUT2D eigenvalue weighted by molar-refractivity contribution is 5.38. The molecule has 0 radical (unpaired) electrons. The van der Waals surface area contributed by atoms with Gasteiger partial charge < -0.3 is 9.47 Å². The Morgan fingerprint density at radius 3 is 2.67 bits per heavy atom. The fourth-order valence-electron chi connectivity index (χ4n) is 2.44. The quantitative estimate of drug-likeness (QED) is 0.870. The third-order valence-corrected chi connectivity index (χ3v) is 3.58. The van der Waals surface area contributed by atoms with E-state index in [4.69, 9.17) is 9.47 Å². The number of aromatic nitrogens is 1. The molecule has 1 fully saturated rings. The molecule has 1 unspecified atom stereocenters. The molecule has 1 atom stereocenters. The number of nitrogens with zero attached hydrogens (tertiary/aromatic N) is 1. The van der Waals surface area contributed by atoms with Gasteiger partial charge in [0, 0.05) is 24.4 Å². The summed E-state index contributed by atoms with van der Waals surface area (Å²) in [4.78, 5) is 11.9. The maximum absolute atomic E-state index is 11.9. The fraction of sp³-hybridized carbons (Fsp3) is 0.353. The van der Waals surface area contributed by atoms with Crippen molar-refractivity contribution in [2.75, 3.05) is 6.61 Å². The minimum absolute atomic E-state index is 0.0371. The topological polar surface area (TPSA) is 40.5 Å². The van der Waals surface area contributed by atoms with E-state index in [9.17, 15) is 4.79 Å². The van der Waals surface area contributed by atoms with Crippen molar-refractivity contribution in [2.24, 2.45) is 0 Å². The van der Waals surface area contributed by atoms with Crippen LogP contribution in [0.25, 0.3) is 5.69 Å². The van der Waals surface area contributed by atoms with Crippen LogP contribution in [0.1, 0.15) is 24.8 Å². The normalized spacial score (nSPS) is 18.4. The second-order valence-electron chi connectivity index (χ2n) is 5.32. The van der Waals surface area contributed by atoms with E-state index in [-0.39, 0.29) is 11.8 Å². The maximum atomic E-state index is 11.9. The Kier molecular flexibility index (Phi) is 4.06. The van der Waals surface area contributed by atoms with Crippen LogP contribution in [0, 0.1) is 6.92 Å². The molecule has 4 heteroatoms. The molecule has 1 aromatic carbocycles. The lowest BCUT2D eigenvalue weighted by Crippen LogP contribution is -2.25. The van der Waals surface area contributed by atoms with Crippen LogP contribution in [-0.4, -0.2) is 17.5 Å². The van der Waals surface area contributed by atoms with Gasteiger partial charge in [0.05, 0.1) is 6.61 Å². The number of hydrogen-bond donors (Lipinski definition) is 0. The molecule has 1 aromatic heterocycles. The van der Waals surface area contributed by atoms with Gasteiger partial charge in [-0.2, -0.15) is 0 Å². The molecule has 0 amide bonds. The highest BCUT2D eigenvalue weighted by Crippen LogP contribution is 2.20. The summed E-state index contributed by atoms with van der Waals surface area (Å²) in [6.07, 6.45) is 4.86. The van der Waals surface area contributed by atoms with Gasteiger partial charge in [-0.25, -0.2) is 0 Å². The zero-order valence-electron chi connectivity index (χ0n) is 12.1. The minimum atomic E-state index is -0.147. The smallest absolute Gasteiger partial charge is 0.255 e. The highest BCUT2D eigenvalue weighted by atomic mass is 16.7. The molecule has 3 rings (SSSR count). The Morgan fingerprint density at radius 2 is 1.95 bits per heavy atom. The third-order valence-electron chi connectivity index (χ3n) is 3.58. The number of aryl methyl sites for hydroxylation is 1. The Labute approximate surface area is 123 Å². The van der Waals surface area contributed by atoms with Gasteiger partial charge in [-0.15, -0.1) is 0 Å². The molecule has 21 heavy (non-hydrogen) atoms. The standard InChI is InChI=1S/C17H19NO3/c1-13-5-10-16(19)18(12-13)14-6-8-15(9-7-14)21-17-4-2-3-11-20-17/h5-10,12,17H,2-4,11H2,1H3. The molecule has 1 saturated heterocycles. The molecular weight excluding hydrogens is 266 g/mol. The summed E-state index contributed by atoms with van der Waals surface area (Å²) in [5.74, 6) is 0.770. The lowest BCUT2D eigenvalue weighted by molar-refractivity contribution is -0.105. The summed E-state index contributed by atoms with van der Waals surface area (Å²) in [6.45, 7) is 2.73. The third kappa shape index (κ3) is 3.34. The first-order chi connectivity index (χ1) is 10.2. The van der Waals surface area contributed by atoms with Crippen LogP contribution < -0.4 is 10.3 Å². The minimum Gasteiger partial charge on any atom is -0.465 e. The van der Waals surface area contributed by atoms with Crippen LogP contribution in [0.2, 0.25) is 0 Å². The molecule has 1 aliphatic heterocycles. The van der Waals surface area contributed by atoms with E-state index in [1.807, 2.05) is 43.5 Å². The summed E-state index contributed by atoms with van der Waals surface area (Å²) in [7, 11) is 0. The maximum Gasteiger partial charge on any atom is 0.255 e. The van der Waals surface area contributed by atoms with Crippen molar-refractivity contribution in [2.45, 2.75) is 32.5 Å². The zero-order chi connectivity index (χ0) is 14.7. The molecule has 0 N–H and O–H groups in total. The van der Waals surface area contributed by atoms with E-state index in [2.05, 4.69) is 0 Å². The van der Waals surface area contributed by atoms with Gasteiger partial charge in [-0.3, -0.25) is 9.36 Å². The molecule has 0 aliphatic carbocycles. The zero-order valence-corrected chi connectivity index (χ0v) is 12.1. The lowest BCUT2D eigenvalue weighted by atomic mass is 10.2. The molecular formula is C17H19NO3. The Hall–Kier alpha value is -2.07. The number of benzene rings is 1. The van der Waals surface area contributed by atoms with E-state index in [1.54, 1.807) is 10.6 Å². The number of ether oxygens (including phenoxy) is 2. The predicted octanol–water partition coefficient (Wildman–Crippen LogP) is 3.05. The summed E-state index contributed by atoms with van der Waals surface area (Å²) in [5, 5.41) is 0. The van der Waals surface area contributed by atoms with E-state index in [0.717, 1.165) is 42.9 Å². The molecule has 110 valence electrons. The monoisotopic (exact) mass is 285 g/mol. The number of hydrogen-bond acceptors (Lipinski definition) is 3. The fourth-order valence-corrected chi connectivity index (χ4v) is 2.44. The lowest BCUT2D eigenvalue weighted by Gasteiger charge is -2.23. The van der Waals surface area contributed by atoms with E-state index >= 15 is 0 Å². The van der Waals surface area contributed by atoms with Crippen molar-refractivity contribution in [3.63, 3.8) is 0 Å². The summed E-state index contributed by atoms with van der Waals surface area (Å²) >= 11 is 0. The second kappa shape index (κ2) is 6.14. The molecule has 4 nitrogen and oxygen atoms in total. The largest absolute Gasteiger partial charge is 0.465 e.